The predicted molar refractivity (Wildman–Crippen MR) is 21.6 cm³/mol. The Morgan fingerprint density at radius 1 is 1.83 bits per heavy atom. The van der Waals surface area contributed by atoms with Crippen molar-refractivity contribution in [2.75, 3.05) is 0 Å². The Kier molecular flexibility index (Phi) is 2.13. The van der Waals surface area contributed by atoms with Crippen LogP contribution in [0.1, 0.15) is 0 Å². The second-order valence-electron chi connectivity index (χ2n) is 0.667. The van der Waals surface area contributed by atoms with Gasteiger partial charge in [0.15, 0.2) is 0 Å². The number of carbonyl (C=O) groups excluding carboxylic acids is 1. The maximum Gasteiger partial charge on any atom is 0.330 e. The first-order chi connectivity index (χ1) is 2.81. The molecule has 0 aliphatic heterocycles. The lowest BCUT2D eigenvalue weighted by molar-refractivity contribution is -0.132. The van der Waals surface area contributed by atoms with Gasteiger partial charge in [0.1, 0.15) is 7.11 Å². The third-order valence-corrected chi connectivity index (χ3v) is 0.309. The summed E-state index contributed by atoms with van der Waals surface area (Å²) in [5.41, 5.74) is 0. The Balaban J connectivity index is 3.23. The van der Waals surface area contributed by atoms with Crippen LogP contribution in [0.15, 0.2) is 12.7 Å². The summed E-state index contributed by atoms with van der Waals surface area (Å²) in [6, 6.07) is 0. The van der Waals surface area contributed by atoms with Crippen molar-refractivity contribution in [2.24, 2.45) is 0 Å². The zero-order valence-corrected chi connectivity index (χ0v) is 3.31. The molecule has 0 aromatic heterocycles. The third-order valence-electron chi connectivity index (χ3n) is 0.309. The van der Waals surface area contributed by atoms with E-state index in [1.165, 1.54) is 0 Å². The largest absolute Gasteiger partial charge is 0.459 e. The first kappa shape index (κ1) is 5.21. The van der Waals surface area contributed by atoms with Crippen LogP contribution in [0.2, 0.25) is 0 Å². The van der Waals surface area contributed by atoms with Crippen LogP contribution in [0.4, 0.5) is 0 Å². The van der Waals surface area contributed by atoms with Crippen LogP contribution in [0.25, 0.3) is 0 Å². The van der Waals surface area contributed by atoms with Crippen LogP contribution in [0.3, 0.4) is 0 Å². The van der Waals surface area contributed by atoms with Gasteiger partial charge in [-0.25, -0.2) is 4.79 Å². The summed E-state index contributed by atoms with van der Waals surface area (Å²) < 4.78 is 3.89. The number of carbonyl (C=O) groups is 1. The zero-order chi connectivity index (χ0) is 4.99. The van der Waals surface area contributed by atoms with Gasteiger partial charge in [-0.05, 0) is 0 Å². The second-order valence-corrected chi connectivity index (χ2v) is 0.667. The summed E-state index contributed by atoms with van der Waals surface area (Å²) in [7, 11) is 2.84. The number of rotatable bonds is 1. The van der Waals surface area contributed by atoms with Gasteiger partial charge in [-0.1, -0.05) is 6.58 Å². The van der Waals surface area contributed by atoms with Crippen LogP contribution in [0.5, 0.6) is 0 Å². The fourth-order valence-corrected chi connectivity index (χ4v) is 0.0589. The van der Waals surface area contributed by atoms with Gasteiger partial charge in [0.2, 0.25) is 0 Å². The smallest absolute Gasteiger partial charge is 0.330 e. The Bertz CT molecular complexity index is 65.9. The van der Waals surface area contributed by atoms with Gasteiger partial charge >= 0.3 is 5.97 Å². The number of hydrogen-bond donors (Lipinski definition) is 0. The van der Waals surface area contributed by atoms with Gasteiger partial charge in [0.25, 0.3) is 0 Å². The van der Waals surface area contributed by atoms with E-state index < -0.39 is 5.97 Å². The van der Waals surface area contributed by atoms with E-state index in [-0.39, 0.29) is 0 Å². The predicted octanol–water partition coefficient (Wildman–Crippen LogP) is 0.507. The summed E-state index contributed by atoms with van der Waals surface area (Å²) in [5, 5.41) is 0. The molecule has 6 heavy (non-hydrogen) atoms. The summed E-state index contributed by atoms with van der Waals surface area (Å²) in [6.45, 7) is 3.12. The number of esters is 1. The van der Waals surface area contributed by atoms with Gasteiger partial charge in [-0.2, -0.15) is 0 Å². The van der Waals surface area contributed by atoms with Crippen LogP contribution >= 0.6 is 0 Å². The molecule has 0 aromatic rings. The molecule has 0 N–H and O–H groups in total. The lowest BCUT2D eigenvalue weighted by Gasteiger charge is -1.82. The van der Waals surface area contributed by atoms with Crippen LogP contribution in [-0.4, -0.2) is 5.97 Å². The van der Waals surface area contributed by atoms with E-state index in [2.05, 4.69) is 18.4 Å². The highest BCUT2D eigenvalue weighted by atomic mass is 16.5. The van der Waals surface area contributed by atoms with Gasteiger partial charge in [-0.3, -0.25) is 0 Å². The first-order valence-electron chi connectivity index (χ1n) is 1.39. The molecule has 0 rings (SSSR count). The fourth-order valence-electron chi connectivity index (χ4n) is 0.0589. The van der Waals surface area contributed by atoms with E-state index in [0.717, 1.165) is 6.08 Å². The Morgan fingerprint density at radius 2 is 2.33 bits per heavy atom. The van der Waals surface area contributed by atoms with Crippen molar-refractivity contribution in [3.05, 3.63) is 19.8 Å². The highest BCUT2D eigenvalue weighted by Gasteiger charge is 1.82. The molecule has 0 saturated heterocycles. The normalized spacial score (nSPS) is 6.83. The summed E-state index contributed by atoms with van der Waals surface area (Å²) in [5.74, 6) is -0.505. The van der Waals surface area contributed by atoms with E-state index in [1.807, 2.05) is 0 Å². The first-order valence-corrected chi connectivity index (χ1v) is 1.39. The highest BCUT2D eigenvalue weighted by Crippen LogP contribution is 1.70. The maximum atomic E-state index is 9.78. The monoisotopic (exact) mass is 85.0 g/mol. The highest BCUT2D eigenvalue weighted by molar-refractivity contribution is 5.81. The SMILES string of the molecule is [CH2]OC(=O)C=C. The lowest BCUT2D eigenvalue weighted by Crippen LogP contribution is -1.89. The quantitative estimate of drug-likeness (QED) is 0.342. The maximum absolute atomic E-state index is 9.78. The number of hydrogen-bond acceptors (Lipinski definition) is 2. The molecule has 2 heteroatoms. The average Bonchev–Trinajstić information content (AvgIpc) is 1.65. The van der Waals surface area contributed by atoms with Crippen LogP contribution in [0, 0.1) is 7.11 Å². The van der Waals surface area contributed by atoms with Crippen molar-refractivity contribution in [3.8, 4) is 0 Å². The fraction of sp³-hybridized carbons (Fsp3) is 0. The van der Waals surface area contributed by atoms with Crippen molar-refractivity contribution in [3.63, 3.8) is 0 Å². The van der Waals surface area contributed by atoms with Crippen molar-refractivity contribution in [1.82, 2.24) is 0 Å². The van der Waals surface area contributed by atoms with E-state index >= 15 is 0 Å². The molecule has 0 spiro atoms. The standard InChI is InChI=1S/C4H5O2/c1-3-4(5)6-2/h3H,1-2H2. The molecule has 0 fully saturated rings. The average molecular weight is 85.1 g/mol. The molecule has 0 unspecified atom stereocenters. The van der Waals surface area contributed by atoms with E-state index in [4.69, 9.17) is 0 Å². The molecule has 0 saturated carbocycles. The van der Waals surface area contributed by atoms with Crippen LogP contribution in [-0.2, 0) is 9.53 Å². The number of ether oxygens (including phenoxy) is 1. The Labute approximate surface area is 36.4 Å². The molecular formula is C4H5O2. The summed E-state index contributed by atoms with van der Waals surface area (Å²) in [4.78, 5) is 9.78. The molecule has 0 heterocycles. The molecule has 33 valence electrons. The van der Waals surface area contributed by atoms with E-state index in [0.29, 0.717) is 0 Å². The molecule has 0 atom stereocenters. The minimum atomic E-state index is -0.505. The molecule has 1 radical (unpaired) electrons. The minimum Gasteiger partial charge on any atom is -0.459 e. The lowest BCUT2D eigenvalue weighted by atomic mass is 10.7. The van der Waals surface area contributed by atoms with Crippen molar-refractivity contribution in [1.29, 1.82) is 0 Å². The van der Waals surface area contributed by atoms with E-state index in [1.54, 1.807) is 0 Å². The van der Waals surface area contributed by atoms with Gasteiger partial charge in [0.05, 0.1) is 0 Å². The topological polar surface area (TPSA) is 26.3 Å². The second kappa shape index (κ2) is 2.45. The Hall–Kier alpha value is -0.790. The Morgan fingerprint density at radius 3 is 2.33 bits per heavy atom. The van der Waals surface area contributed by atoms with Crippen molar-refractivity contribution in [2.45, 2.75) is 0 Å². The van der Waals surface area contributed by atoms with Crippen molar-refractivity contribution < 1.29 is 9.53 Å². The zero-order valence-electron chi connectivity index (χ0n) is 3.31. The third kappa shape index (κ3) is 1.52. The van der Waals surface area contributed by atoms with E-state index in [9.17, 15) is 4.79 Å². The minimum absolute atomic E-state index is 0.505. The molecule has 0 aliphatic rings. The van der Waals surface area contributed by atoms with Gasteiger partial charge in [-0.15, -0.1) is 0 Å². The van der Waals surface area contributed by atoms with Gasteiger partial charge in [0, 0.05) is 6.08 Å². The molecule has 0 aliphatic carbocycles. The summed E-state index contributed by atoms with van der Waals surface area (Å²) >= 11 is 0. The van der Waals surface area contributed by atoms with Crippen LogP contribution < -0.4 is 0 Å². The van der Waals surface area contributed by atoms with Crippen molar-refractivity contribution >= 4 is 5.97 Å². The molecule has 0 aromatic carbocycles. The molecule has 0 amide bonds. The molecule has 0 bridgehead atoms. The summed E-state index contributed by atoms with van der Waals surface area (Å²) in [6.07, 6.45) is 1.05. The van der Waals surface area contributed by atoms with Gasteiger partial charge < -0.3 is 4.74 Å². The molecular weight excluding hydrogens is 80.0 g/mol. The molecule has 2 nitrogen and oxygen atoms in total.